The van der Waals surface area contributed by atoms with Gasteiger partial charge in [-0.1, -0.05) is 19.1 Å². The van der Waals surface area contributed by atoms with Crippen molar-refractivity contribution in [3.8, 4) is 0 Å². The fourth-order valence-corrected chi connectivity index (χ4v) is 4.63. The Labute approximate surface area is 141 Å². The molecule has 0 radical (unpaired) electrons. The monoisotopic (exact) mass is 396 g/mol. The topological polar surface area (TPSA) is 58.2 Å². The van der Waals surface area contributed by atoms with Crippen molar-refractivity contribution >= 4 is 38.4 Å². The number of aryl methyl sites for hydroxylation is 1. The highest BCUT2D eigenvalue weighted by atomic mass is 79.9. The second-order valence-electron chi connectivity index (χ2n) is 5.77. The third kappa shape index (κ3) is 4.66. The van der Waals surface area contributed by atoms with Crippen LogP contribution in [0.5, 0.6) is 0 Å². The highest BCUT2D eigenvalue weighted by molar-refractivity contribution is 9.10. The van der Waals surface area contributed by atoms with Crippen LogP contribution in [0, 0.1) is 12.3 Å². The number of piperidine rings is 1. The van der Waals surface area contributed by atoms with Crippen molar-refractivity contribution in [1.29, 1.82) is 0 Å². The fraction of sp³-hybridized carbons (Fsp3) is 0.571. The van der Waals surface area contributed by atoms with E-state index in [1.54, 1.807) is 12.1 Å². The van der Waals surface area contributed by atoms with Crippen LogP contribution in [-0.4, -0.2) is 28.1 Å². The average molecular weight is 398 g/mol. The Morgan fingerprint density at radius 1 is 1.33 bits per heavy atom. The summed E-state index contributed by atoms with van der Waals surface area (Å²) in [5, 5.41) is 3.30. The summed E-state index contributed by atoms with van der Waals surface area (Å²) in [6, 6.07) is 5.28. The van der Waals surface area contributed by atoms with E-state index in [0.717, 1.165) is 31.5 Å². The molecule has 1 aliphatic heterocycles. The molecule has 0 amide bonds. The third-order valence-electron chi connectivity index (χ3n) is 3.95. The van der Waals surface area contributed by atoms with Crippen LogP contribution in [0.2, 0.25) is 0 Å². The molecule has 1 aliphatic rings. The van der Waals surface area contributed by atoms with Crippen molar-refractivity contribution in [2.24, 2.45) is 5.41 Å². The van der Waals surface area contributed by atoms with Crippen LogP contribution in [0.15, 0.2) is 27.6 Å². The largest absolute Gasteiger partial charge is 0.317 e. The average Bonchev–Trinajstić information content (AvgIpc) is 2.41. The second kappa shape index (κ2) is 7.42. The Balaban J connectivity index is 0.00000220. The molecule has 0 aromatic heterocycles. The molecule has 0 unspecified atom stereocenters. The SMILES string of the molecule is Cc1cccc(S(=O)(=O)NCC2(C)CCNCC2)c1Br.Cl. The lowest BCUT2D eigenvalue weighted by Gasteiger charge is -2.34. The maximum absolute atomic E-state index is 12.4. The molecule has 2 N–H and O–H groups in total. The zero-order valence-corrected chi connectivity index (χ0v) is 15.5. The molecular formula is C14H22BrClN2O2S. The van der Waals surface area contributed by atoms with Crippen molar-refractivity contribution < 1.29 is 8.42 Å². The number of hydrogen-bond donors (Lipinski definition) is 2. The van der Waals surface area contributed by atoms with Gasteiger partial charge >= 0.3 is 0 Å². The van der Waals surface area contributed by atoms with Gasteiger partial charge in [-0.15, -0.1) is 12.4 Å². The summed E-state index contributed by atoms with van der Waals surface area (Å²) in [7, 11) is -3.47. The number of nitrogens with one attached hydrogen (secondary N) is 2. The van der Waals surface area contributed by atoms with Gasteiger partial charge in [0.15, 0.2) is 0 Å². The predicted molar refractivity (Wildman–Crippen MR) is 91.5 cm³/mol. The highest BCUT2D eigenvalue weighted by Gasteiger charge is 2.29. The molecule has 1 heterocycles. The molecule has 0 aliphatic carbocycles. The van der Waals surface area contributed by atoms with E-state index < -0.39 is 10.0 Å². The first-order chi connectivity index (χ1) is 9.34. The van der Waals surface area contributed by atoms with Gasteiger partial charge in [0.05, 0.1) is 4.90 Å². The summed E-state index contributed by atoms with van der Waals surface area (Å²) >= 11 is 3.37. The zero-order valence-electron chi connectivity index (χ0n) is 12.3. The molecule has 21 heavy (non-hydrogen) atoms. The van der Waals surface area contributed by atoms with E-state index in [2.05, 4.69) is 32.9 Å². The minimum atomic E-state index is -3.47. The molecule has 1 fully saturated rings. The van der Waals surface area contributed by atoms with Crippen molar-refractivity contribution in [2.75, 3.05) is 19.6 Å². The first-order valence-electron chi connectivity index (χ1n) is 6.80. The maximum atomic E-state index is 12.4. The van der Waals surface area contributed by atoms with E-state index in [1.165, 1.54) is 0 Å². The Kier molecular flexibility index (Phi) is 6.68. The summed E-state index contributed by atoms with van der Waals surface area (Å²) in [5.74, 6) is 0. The predicted octanol–water partition coefficient (Wildman–Crippen LogP) is 2.85. The van der Waals surface area contributed by atoms with Gasteiger partial charge in [0.2, 0.25) is 10.0 Å². The Hall–Kier alpha value is -0.140. The molecule has 0 atom stereocenters. The standard InChI is InChI=1S/C14H21BrN2O2S.ClH/c1-11-4-3-5-12(13(11)15)20(18,19)17-10-14(2)6-8-16-9-7-14;/h3-5,16-17H,6-10H2,1-2H3;1H. The Morgan fingerprint density at radius 2 is 1.95 bits per heavy atom. The van der Waals surface area contributed by atoms with Crippen LogP contribution in [0.25, 0.3) is 0 Å². The van der Waals surface area contributed by atoms with E-state index in [4.69, 9.17) is 0 Å². The quantitative estimate of drug-likeness (QED) is 0.821. The summed E-state index contributed by atoms with van der Waals surface area (Å²) in [6.07, 6.45) is 1.98. The van der Waals surface area contributed by atoms with Gasteiger partial charge in [0, 0.05) is 11.0 Å². The van der Waals surface area contributed by atoms with Crippen LogP contribution in [0.1, 0.15) is 25.3 Å². The molecule has 0 saturated carbocycles. The summed E-state index contributed by atoms with van der Waals surface area (Å²) in [6.45, 7) is 6.41. The molecule has 7 heteroatoms. The second-order valence-corrected chi connectivity index (χ2v) is 8.30. The first kappa shape index (κ1) is 18.9. The van der Waals surface area contributed by atoms with Crippen LogP contribution in [0.3, 0.4) is 0 Å². The van der Waals surface area contributed by atoms with Gasteiger partial charge in [0.25, 0.3) is 0 Å². The molecule has 4 nitrogen and oxygen atoms in total. The molecule has 1 saturated heterocycles. The van der Waals surface area contributed by atoms with Crippen LogP contribution < -0.4 is 10.0 Å². The summed E-state index contributed by atoms with van der Waals surface area (Å²) in [4.78, 5) is 0.315. The molecule has 1 aromatic rings. The lowest BCUT2D eigenvalue weighted by molar-refractivity contribution is 0.232. The lowest BCUT2D eigenvalue weighted by atomic mass is 9.81. The minimum absolute atomic E-state index is 0. The zero-order chi connectivity index (χ0) is 14.8. The number of rotatable bonds is 4. The van der Waals surface area contributed by atoms with E-state index in [1.807, 2.05) is 13.0 Å². The van der Waals surface area contributed by atoms with Crippen molar-refractivity contribution in [3.63, 3.8) is 0 Å². The van der Waals surface area contributed by atoms with Gasteiger partial charge in [-0.2, -0.15) is 0 Å². The Morgan fingerprint density at radius 3 is 2.57 bits per heavy atom. The van der Waals surface area contributed by atoms with Gasteiger partial charge in [-0.3, -0.25) is 0 Å². The van der Waals surface area contributed by atoms with Gasteiger partial charge < -0.3 is 5.32 Å². The fourth-order valence-electron chi connectivity index (χ4n) is 2.38. The number of halogens is 2. The molecule has 1 aromatic carbocycles. The van der Waals surface area contributed by atoms with E-state index in [0.29, 0.717) is 15.9 Å². The molecule has 0 bridgehead atoms. The number of sulfonamides is 1. The molecule has 120 valence electrons. The molecular weight excluding hydrogens is 376 g/mol. The number of hydrogen-bond acceptors (Lipinski definition) is 3. The minimum Gasteiger partial charge on any atom is -0.317 e. The van der Waals surface area contributed by atoms with Gasteiger partial charge in [-0.05, 0) is 65.8 Å². The van der Waals surface area contributed by atoms with E-state index in [9.17, 15) is 8.42 Å². The number of benzene rings is 1. The van der Waals surface area contributed by atoms with Crippen molar-refractivity contribution in [1.82, 2.24) is 10.0 Å². The van der Waals surface area contributed by atoms with E-state index >= 15 is 0 Å². The van der Waals surface area contributed by atoms with Crippen molar-refractivity contribution in [2.45, 2.75) is 31.6 Å². The van der Waals surface area contributed by atoms with Gasteiger partial charge in [-0.25, -0.2) is 13.1 Å². The molecule has 2 rings (SSSR count). The summed E-state index contributed by atoms with van der Waals surface area (Å²) < 4.78 is 28.3. The summed E-state index contributed by atoms with van der Waals surface area (Å²) in [5.41, 5.74) is 0.954. The van der Waals surface area contributed by atoms with Crippen molar-refractivity contribution in [3.05, 3.63) is 28.2 Å². The van der Waals surface area contributed by atoms with Crippen LogP contribution in [0.4, 0.5) is 0 Å². The maximum Gasteiger partial charge on any atom is 0.241 e. The Bertz CT molecular complexity index is 587. The first-order valence-corrected chi connectivity index (χ1v) is 9.07. The highest BCUT2D eigenvalue weighted by Crippen LogP contribution is 2.29. The van der Waals surface area contributed by atoms with Crippen LogP contribution in [-0.2, 0) is 10.0 Å². The smallest absolute Gasteiger partial charge is 0.241 e. The van der Waals surface area contributed by atoms with E-state index in [-0.39, 0.29) is 17.8 Å². The lowest BCUT2D eigenvalue weighted by Crippen LogP contribution is -2.42. The molecule has 0 spiro atoms. The van der Waals surface area contributed by atoms with Crippen LogP contribution >= 0.6 is 28.3 Å². The third-order valence-corrected chi connectivity index (χ3v) is 6.70. The van der Waals surface area contributed by atoms with Gasteiger partial charge in [0.1, 0.15) is 0 Å². The normalized spacial score (nSPS) is 18.0.